The maximum absolute atomic E-state index is 10.7. The second-order valence-corrected chi connectivity index (χ2v) is 4.46. The average molecular weight is 282 g/mol. The van der Waals surface area contributed by atoms with Crippen LogP contribution in [0.4, 0.5) is 0 Å². The van der Waals surface area contributed by atoms with Gasteiger partial charge in [-0.3, -0.25) is 0 Å². The topological polar surface area (TPSA) is 82.7 Å². The van der Waals surface area contributed by atoms with E-state index < -0.39 is 6.04 Å². The summed E-state index contributed by atoms with van der Waals surface area (Å²) < 4.78 is 5.09. The molecule has 5 heteroatoms. The Kier molecular flexibility index (Phi) is 4.64. The third kappa shape index (κ3) is 3.07. The smallest absolute Gasteiger partial charge is 0.134 e. The summed E-state index contributed by atoms with van der Waals surface area (Å²) in [6.07, 6.45) is 4.89. The highest BCUT2D eigenvalue weighted by atomic mass is 16.5. The predicted molar refractivity (Wildman–Crippen MR) is 79.4 cm³/mol. The second-order valence-electron chi connectivity index (χ2n) is 4.46. The molecular weight excluding hydrogens is 268 g/mol. The van der Waals surface area contributed by atoms with Crippen LogP contribution in [0.25, 0.3) is 5.57 Å². The standard InChI is InChI=1S/C16H14N2O3/c1-21-14-5-2-11(3-6-14)15(9-17)12-4-7-16(18-20)13(8-12)10-19/h2-8,16,19H,10H2,1H3. The van der Waals surface area contributed by atoms with Crippen LogP contribution < -0.4 is 4.74 Å². The van der Waals surface area contributed by atoms with E-state index in [0.717, 1.165) is 5.56 Å². The molecule has 0 fully saturated rings. The number of benzene rings is 1. The molecule has 2 rings (SSSR count). The van der Waals surface area contributed by atoms with Gasteiger partial charge in [-0.2, -0.15) is 5.26 Å². The third-order valence-corrected chi connectivity index (χ3v) is 3.25. The molecule has 1 unspecified atom stereocenters. The summed E-state index contributed by atoms with van der Waals surface area (Å²) >= 11 is 0. The van der Waals surface area contributed by atoms with Crippen molar-refractivity contribution in [1.82, 2.24) is 0 Å². The summed E-state index contributed by atoms with van der Waals surface area (Å²) in [5.74, 6) is 0.706. The lowest BCUT2D eigenvalue weighted by atomic mass is 9.92. The number of hydrogen-bond donors (Lipinski definition) is 1. The number of nitroso groups, excluding NO2 is 1. The summed E-state index contributed by atoms with van der Waals surface area (Å²) in [6.45, 7) is -0.272. The van der Waals surface area contributed by atoms with Gasteiger partial charge in [-0.25, -0.2) is 0 Å². The quantitative estimate of drug-likeness (QED) is 0.679. The van der Waals surface area contributed by atoms with E-state index in [9.17, 15) is 15.3 Å². The van der Waals surface area contributed by atoms with Crippen LogP contribution >= 0.6 is 0 Å². The molecule has 0 amide bonds. The molecule has 0 bridgehead atoms. The molecule has 1 atom stereocenters. The van der Waals surface area contributed by atoms with Gasteiger partial charge in [-0.1, -0.05) is 17.3 Å². The van der Waals surface area contributed by atoms with Gasteiger partial charge < -0.3 is 9.84 Å². The molecule has 1 aliphatic rings. The van der Waals surface area contributed by atoms with Crippen LogP contribution in [-0.2, 0) is 0 Å². The molecule has 0 heterocycles. The van der Waals surface area contributed by atoms with Crippen molar-refractivity contribution in [3.63, 3.8) is 0 Å². The molecule has 0 aliphatic heterocycles. The largest absolute Gasteiger partial charge is 0.497 e. The zero-order chi connectivity index (χ0) is 15.2. The number of hydrogen-bond acceptors (Lipinski definition) is 5. The first-order chi connectivity index (χ1) is 10.2. The maximum atomic E-state index is 10.7. The summed E-state index contributed by atoms with van der Waals surface area (Å²) in [7, 11) is 1.57. The zero-order valence-electron chi connectivity index (χ0n) is 11.5. The fourth-order valence-corrected chi connectivity index (χ4v) is 2.10. The van der Waals surface area contributed by atoms with Crippen LogP contribution in [0, 0.1) is 16.2 Å². The minimum absolute atomic E-state index is 0.272. The first-order valence-corrected chi connectivity index (χ1v) is 6.34. The fourth-order valence-electron chi connectivity index (χ4n) is 2.10. The molecule has 1 aromatic carbocycles. The molecule has 1 aromatic rings. The van der Waals surface area contributed by atoms with Crippen molar-refractivity contribution >= 4 is 5.57 Å². The molecule has 21 heavy (non-hydrogen) atoms. The molecule has 0 saturated heterocycles. The summed E-state index contributed by atoms with van der Waals surface area (Å²) in [5, 5.41) is 21.6. The Morgan fingerprint density at radius 3 is 2.67 bits per heavy atom. The predicted octanol–water partition coefficient (Wildman–Crippen LogP) is 2.60. The summed E-state index contributed by atoms with van der Waals surface area (Å²) in [4.78, 5) is 10.7. The fraction of sp³-hybridized carbons (Fsp3) is 0.188. The minimum atomic E-state index is -0.672. The summed E-state index contributed by atoms with van der Waals surface area (Å²) in [5.41, 5.74) is 2.32. The van der Waals surface area contributed by atoms with E-state index in [0.29, 0.717) is 22.5 Å². The first kappa shape index (κ1) is 14.7. The summed E-state index contributed by atoms with van der Waals surface area (Å²) in [6, 6.07) is 8.60. The van der Waals surface area contributed by atoms with E-state index in [1.165, 1.54) is 0 Å². The average Bonchev–Trinajstić information content (AvgIpc) is 2.56. The van der Waals surface area contributed by atoms with Crippen molar-refractivity contribution in [2.75, 3.05) is 13.7 Å². The van der Waals surface area contributed by atoms with Crippen LogP contribution in [0.5, 0.6) is 5.75 Å². The Balaban J connectivity index is 2.46. The first-order valence-electron chi connectivity index (χ1n) is 6.34. The van der Waals surface area contributed by atoms with Gasteiger partial charge in [0.2, 0.25) is 0 Å². The van der Waals surface area contributed by atoms with Crippen molar-refractivity contribution in [2.24, 2.45) is 5.18 Å². The zero-order valence-corrected chi connectivity index (χ0v) is 11.5. The van der Waals surface area contributed by atoms with E-state index in [1.807, 2.05) is 0 Å². The highest BCUT2D eigenvalue weighted by molar-refractivity contribution is 5.83. The molecule has 0 saturated carbocycles. The molecule has 1 N–H and O–H groups in total. The van der Waals surface area contributed by atoms with E-state index >= 15 is 0 Å². The number of methoxy groups -OCH3 is 1. The number of rotatable bonds is 4. The number of nitriles is 1. The van der Waals surface area contributed by atoms with Crippen LogP contribution in [0.15, 0.2) is 58.8 Å². The number of aliphatic hydroxyl groups is 1. The molecule has 5 nitrogen and oxygen atoms in total. The van der Waals surface area contributed by atoms with Crippen molar-refractivity contribution in [1.29, 1.82) is 5.26 Å². The number of ether oxygens (including phenoxy) is 1. The third-order valence-electron chi connectivity index (χ3n) is 3.25. The SMILES string of the molecule is COc1ccc(C(C#N)=C2C=CC(N=O)C(CO)=C2)cc1. The number of allylic oxidation sites excluding steroid dienone is 4. The van der Waals surface area contributed by atoms with Gasteiger partial charge in [0.15, 0.2) is 0 Å². The van der Waals surface area contributed by atoms with E-state index in [-0.39, 0.29) is 6.61 Å². The van der Waals surface area contributed by atoms with Gasteiger partial charge in [0.25, 0.3) is 0 Å². The second kappa shape index (κ2) is 6.64. The normalized spacial score (nSPS) is 19.5. The number of nitrogens with zero attached hydrogens (tertiary/aromatic N) is 2. The Labute approximate surface area is 122 Å². The van der Waals surface area contributed by atoms with Crippen molar-refractivity contribution in [3.05, 3.63) is 64.1 Å². The molecular formula is C16H14N2O3. The van der Waals surface area contributed by atoms with Crippen molar-refractivity contribution in [2.45, 2.75) is 6.04 Å². The van der Waals surface area contributed by atoms with E-state index in [1.54, 1.807) is 49.6 Å². The van der Waals surface area contributed by atoms with Crippen molar-refractivity contribution < 1.29 is 9.84 Å². The van der Waals surface area contributed by atoms with E-state index in [4.69, 9.17) is 4.74 Å². The van der Waals surface area contributed by atoms with Gasteiger partial charge in [0, 0.05) is 0 Å². The molecule has 0 spiro atoms. The Hall–Kier alpha value is -2.71. The van der Waals surface area contributed by atoms with Crippen molar-refractivity contribution in [3.8, 4) is 11.8 Å². The molecule has 1 aliphatic carbocycles. The molecule has 0 radical (unpaired) electrons. The van der Waals surface area contributed by atoms with E-state index in [2.05, 4.69) is 11.2 Å². The highest BCUT2D eigenvalue weighted by Gasteiger charge is 2.17. The maximum Gasteiger partial charge on any atom is 0.134 e. The molecule has 106 valence electrons. The number of aliphatic hydroxyl groups excluding tert-OH is 1. The Morgan fingerprint density at radius 2 is 2.14 bits per heavy atom. The van der Waals surface area contributed by atoms with Crippen LogP contribution in [0.3, 0.4) is 0 Å². The Morgan fingerprint density at radius 1 is 1.43 bits per heavy atom. The van der Waals surface area contributed by atoms with Gasteiger partial charge in [-0.05, 0) is 47.1 Å². The van der Waals surface area contributed by atoms with Crippen LogP contribution in [0.2, 0.25) is 0 Å². The highest BCUT2D eigenvalue weighted by Crippen LogP contribution is 2.27. The van der Waals surface area contributed by atoms with Crippen LogP contribution in [0.1, 0.15) is 5.56 Å². The monoisotopic (exact) mass is 282 g/mol. The lowest BCUT2D eigenvalue weighted by Gasteiger charge is -2.14. The van der Waals surface area contributed by atoms with Gasteiger partial charge in [0.1, 0.15) is 17.9 Å². The minimum Gasteiger partial charge on any atom is -0.497 e. The lowest BCUT2D eigenvalue weighted by molar-refractivity contribution is 0.325. The van der Waals surface area contributed by atoms with Gasteiger partial charge in [0.05, 0.1) is 19.3 Å². The van der Waals surface area contributed by atoms with Gasteiger partial charge >= 0.3 is 0 Å². The lowest BCUT2D eigenvalue weighted by Crippen LogP contribution is -2.11. The molecule has 0 aromatic heterocycles. The van der Waals surface area contributed by atoms with Gasteiger partial charge in [-0.15, -0.1) is 4.91 Å². The van der Waals surface area contributed by atoms with Crippen LogP contribution in [-0.4, -0.2) is 24.9 Å². The Bertz CT molecular complexity index is 664.